The predicted octanol–water partition coefficient (Wildman–Crippen LogP) is 2.01. The SMILES string of the molecule is CC(C)(C)CN(N)C(C)(C)C. The van der Waals surface area contributed by atoms with Crippen LogP contribution in [-0.4, -0.2) is 17.1 Å². The minimum Gasteiger partial charge on any atom is -0.268 e. The molecule has 0 aromatic heterocycles. The van der Waals surface area contributed by atoms with Gasteiger partial charge in [-0.1, -0.05) is 20.8 Å². The van der Waals surface area contributed by atoms with Gasteiger partial charge >= 0.3 is 0 Å². The van der Waals surface area contributed by atoms with E-state index >= 15 is 0 Å². The van der Waals surface area contributed by atoms with E-state index in [1.54, 1.807) is 0 Å². The number of hydrogen-bond acceptors (Lipinski definition) is 2. The van der Waals surface area contributed by atoms with Crippen molar-refractivity contribution in [3.63, 3.8) is 0 Å². The summed E-state index contributed by atoms with van der Waals surface area (Å²) in [5, 5.41) is 1.90. The van der Waals surface area contributed by atoms with Crippen molar-refractivity contribution in [3.8, 4) is 0 Å². The Morgan fingerprint density at radius 3 is 1.45 bits per heavy atom. The molecule has 0 radical (unpaired) electrons. The third-order valence-corrected chi connectivity index (χ3v) is 1.51. The molecule has 0 bridgehead atoms. The van der Waals surface area contributed by atoms with Crippen LogP contribution in [0.1, 0.15) is 41.5 Å². The molecule has 0 aliphatic carbocycles. The molecule has 0 aliphatic heterocycles. The van der Waals surface area contributed by atoms with Gasteiger partial charge in [0.1, 0.15) is 0 Å². The number of rotatable bonds is 1. The minimum absolute atomic E-state index is 0.0767. The van der Waals surface area contributed by atoms with Gasteiger partial charge in [0.15, 0.2) is 0 Å². The molecule has 0 heterocycles. The van der Waals surface area contributed by atoms with Gasteiger partial charge in [-0.15, -0.1) is 0 Å². The third kappa shape index (κ3) is 5.22. The molecule has 0 fully saturated rings. The number of nitrogens with zero attached hydrogens (tertiary/aromatic N) is 1. The first-order valence-electron chi connectivity index (χ1n) is 4.15. The lowest BCUT2D eigenvalue weighted by molar-refractivity contribution is 0.0923. The zero-order valence-electron chi connectivity index (χ0n) is 8.73. The van der Waals surface area contributed by atoms with Crippen molar-refractivity contribution in [1.82, 2.24) is 5.01 Å². The Labute approximate surface area is 70.7 Å². The van der Waals surface area contributed by atoms with Crippen LogP contribution in [0.5, 0.6) is 0 Å². The minimum atomic E-state index is 0.0767. The maximum Gasteiger partial charge on any atom is 0.0267 e. The van der Waals surface area contributed by atoms with E-state index in [2.05, 4.69) is 41.5 Å². The maximum atomic E-state index is 5.87. The standard InChI is InChI=1S/C9H22N2/c1-8(2,3)7-11(10)9(4,5)6/h7,10H2,1-6H3. The van der Waals surface area contributed by atoms with Crippen LogP contribution in [0.15, 0.2) is 0 Å². The van der Waals surface area contributed by atoms with Crippen LogP contribution in [-0.2, 0) is 0 Å². The zero-order valence-corrected chi connectivity index (χ0v) is 8.73. The summed E-state index contributed by atoms with van der Waals surface area (Å²) in [6.45, 7) is 13.9. The number of hydrogen-bond donors (Lipinski definition) is 1. The van der Waals surface area contributed by atoms with Gasteiger partial charge in [-0.3, -0.25) is 5.84 Å². The first-order valence-corrected chi connectivity index (χ1v) is 4.15. The van der Waals surface area contributed by atoms with Crippen molar-refractivity contribution in [1.29, 1.82) is 0 Å². The van der Waals surface area contributed by atoms with Crippen LogP contribution in [0.25, 0.3) is 0 Å². The van der Waals surface area contributed by atoms with E-state index in [0.29, 0.717) is 0 Å². The largest absolute Gasteiger partial charge is 0.268 e. The molecular formula is C9H22N2. The van der Waals surface area contributed by atoms with Gasteiger partial charge in [-0.2, -0.15) is 0 Å². The first-order chi connectivity index (χ1) is 4.63. The van der Waals surface area contributed by atoms with Crippen LogP contribution in [0, 0.1) is 5.41 Å². The van der Waals surface area contributed by atoms with E-state index in [9.17, 15) is 0 Å². The molecule has 0 atom stereocenters. The van der Waals surface area contributed by atoms with Crippen LogP contribution >= 0.6 is 0 Å². The fraction of sp³-hybridized carbons (Fsp3) is 1.00. The summed E-state index contributed by atoms with van der Waals surface area (Å²) in [6, 6.07) is 0. The van der Waals surface area contributed by atoms with E-state index in [-0.39, 0.29) is 11.0 Å². The van der Waals surface area contributed by atoms with E-state index in [1.807, 2.05) is 5.01 Å². The van der Waals surface area contributed by atoms with Crippen molar-refractivity contribution in [3.05, 3.63) is 0 Å². The van der Waals surface area contributed by atoms with Crippen LogP contribution in [0.4, 0.5) is 0 Å². The Morgan fingerprint density at radius 2 is 1.36 bits per heavy atom. The molecule has 2 N–H and O–H groups in total. The van der Waals surface area contributed by atoms with E-state index in [0.717, 1.165) is 6.54 Å². The van der Waals surface area contributed by atoms with Crippen molar-refractivity contribution < 1.29 is 0 Å². The van der Waals surface area contributed by atoms with Crippen molar-refractivity contribution in [2.45, 2.75) is 47.1 Å². The molecular weight excluding hydrogens is 136 g/mol. The fourth-order valence-electron chi connectivity index (χ4n) is 0.748. The first kappa shape index (κ1) is 10.9. The van der Waals surface area contributed by atoms with Gasteiger partial charge in [0.2, 0.25) is 0 Å². The summed E-state index contributed by atoms with van der Waals surface area (Å²) >= 11 is 0. The Kier molecular flexibility index (Phi) is 3.09. The van der Waals surface area contributed by atoms with E-state index in [1.165, 1.54) is 0 Å². The molecule has 2 nitrogen and oxygen atoms in total. The van der Waals surface area contributed by atoms with Crippen molar-refractivity contribution in [2.75, 3.05) is 6.54 Å². The Bertz CT molecular complexity index is 117. The highest BCUT2D eigenvalue weighted by Crippen LogP contribution is 2.18. The molecule has 0 aliphatic rings. The predicted molar refractivity (Wildman–Crippen MR) is 50.1 cm³/mol. The fourth-order valence-corrected chi connectivity index (χ4v) is 0.748. The summed E-state index contributed by atoms with van der Waals surface area (Å²) in [6.07, 6.45) is 0. The Hall–Kier alpha value is -0.0800. The van der Waals surface area contributed by atoms with Crippen LogP contribution < -0.4 is 5.84 Å². The zero-order chi connectivity index (χ0) is 9.28. The molecule has 0 saturated carbocycles. The lowest BCUT2D eigenvalue weighted by Gasteiger charge is -2.36. The molecule has 0 unspecified atom stereocenters. The van der Waals surface area contributed by atoms with Gasteiger partial charge in [0, 0.05) is 12.1 Å². The van der Waals surface area contributed by atoms with Gasteiger partial charge in [0.05, 0.1) is 0 Å². The molecule has 68 valence electrons. The highest BCUT2D eigenvalue weighted by atomic mass is 15.4. The normalized spacial score (nSPS) is 14.2. The van der Waals surface area contributed by atoms with Gasteiger partial charge in [0.25, 0.3) is 0 Å². The molecule has 0 amide bonds. The van der Waals surface area contributed by atoms with Gasteiger partial charge in [-0.25, -0.2) is 5.01 Å². The van der Waals surface area contributed by atoms with Crippen molar-refractivity contribution >= 4 is 0 Å². The van der Waals surface area contributed by atoms with Gasteiger partial charge < -0.3 is 0 Å². The smallest absolute Gasteiger partial charge is 0.0267 e. The van der Waals surface area contributed by atoms with E-state index < -0.39 is 0 Å². The maximum absolute atomic E-state index is 5.87. The van der Waals surface area contributed by atoms with Crippen LogP contribution in [0.3, 0.4) is 0 Å². The summed E-state index contributed by atoms with van der Waals surface area (Å²) in [5.74, 6) is 5.87. The summed E-state index contributed by atoms with van der Waals surface area (Å²) in [4.78, 5) is 0. The second kappa shape index (κ2) is 3.11. The number of hydrazine groups is 1. The van der Waals surface area contributed by atoms with Gasteiger partial charge in [-0.05, 0) is 26.2 Å². The average Bonchev–Trinajstić information content (AvgIpc) is 1.56. The summed E-state index contributed by atoms with van der Waals surface area (Å²) in [7, 11) is 0. The Morgan fingerprint density at radius 1 is 1.00 bits per heavy atom. The van der Waals surface area contributed by atoms with E-state index in [4.69, 9.17) is 5.84 Å². The highest BCUT2D eigenvalue weighted by Gasteiger charge is 2.22. The molecule has 2 heteroatoms. The molecule has 0 rings (SSSR count). The van der Waals surface area contributed by atoms with Crippen molar-refractivity contribution in [2.24, 2.45) is 11.3 Å². The third-order valence-electron chi connectivity index (χ3n) is 1.51. The average molecular weight is 158 g/mol. The molecule has 0 spiro atoms. The monoisotopic (exact) mass is 158 g/mol. The van der Waals surface area contributed by atoms with Crippen LogP contribution in [0.2, 0.25) is 0 Å². The molecule has 0 aromatic carbocycles. The molecule has 11 heavy (non-hydrogen) atoms. The lowest BCUT2D eigenvalue weighted by atomic mass is 9.94. The second-order valence-electron chi connectivity index (χ2n) is 5.36. The molecule has 0 saturated heterocycles. The summed E-state index contributed by atoms with van der Waals surface area (Å²) < 4.78 is 0. The number of nitrogens with two attached hydrogens (primary N) is 1. The summed E-state index contributed by atoms with van der Waals surface area (Å²) in [5.41, 5.74) is 0.356. The lowest BCUT2D eigenvalue weighted by Crippen LogP contribution is -2.50. The topological polar surface area (TPSA) is 29.3 Å². The Balaban J connectivity index is 3.99. The molecule has 0 aromatic rings. The quantitative estimate of drug-likeness (QED) is 0.467. The second-order valence-corrected chi connectivity index (χ2v) is 5.36. The highest BCUT2D eigenvalue weighted by molar-refractivity contribution is 4.75.